The molecule has 1 aromatic heterocycles. The van der Waals surface area contributed by atoms with E-state index in [0.29, 0.717) is 71.8 Å². The maximum absolute atomic E-state index is 14.8. The van der Waals surface area contributed by atoms with Crippen LogP contribution < -0.4 is 43.0 Å². The molecule has 1 unspecified atom stereocenters. The number of alkyl halides is 2. The van der Waals surface area contributed by atoms with E-state index in [-0.39, 0.29) is 74.8 Å². The van der Waals surface area contributed by atoms with Gasteiger partial charge in [-0.15, -0.1) is 0 Å². The Bertz CT molecular complexity index is 3110. The Balaban J connectivity index is 1.37. The summed E-state index contributed by atoms with van der Waals surface area (Å²) in [4.78, 5) is 145. The lowest BCUT2D eigenvalue weighted by Crippen LogP contribution is -2.60. The number of ether oxygens (including phenoxy) is 3. The maximum atomic E-state index is 14.8. The van der Waals surface area contributed by atoms with Gasteiger partial charge in [0.05, 0.1) is 60.2 Å². The monoisotopic (exact) mass is 1510 g/mol. The Morgan fingerprint density at radius 2 is 1.31 bits per heavy atom. The summed E-state index contributed by atoms with van der Waals surface area (Å²) in [5, 5.41) is 31.6. The first-order chi connectivity index (χ1) is 46.9. The molecular weight excluding hydrogens is 1400 g/mol. The first-order valence-corrected chi connectivity index (χ1v) is 36.5. The van der Waals surface area contributed by atoms with E-state index in [2.05, 4.69) is 74.1 Å². The second kappa shape index (κ2) is 42.1. The number of primary amides is 1. The molecule has 1 saturated heterocycles. The number of benzene rings is 2. The Labute approximate surface area is 600 Å². The van der Waals surface area contributed by atoms with E-state index in [1.807, 2.05) is 32.0 Å². The molecule has 12 atom stereocenters. The number of aliphatic hydroxyl groups excluding tert-OH is 1. The van der Waals surface area contributed by atoms with Gasteiger partial charge in [-0.2, -0.15) is 0 Å². The normalized spacial score (nSPS) is 16.3. The van der Waals surface area contributed by atoms with Crippen LogP contribution in [0.3, 0.4) is 0 Å². The predicted octanol–water partition coefficient (Wildman–Crippen LogP) is 7.98. The molecule has 26 nitrogen and oxygen atoms in total. The van der Waals surface area contributed by atoms with E-state index < -0.39 is 120 Å². The number of carbonyl (C=O) groups excluding carboxylic acids is 10. The molecule has 3 aromatic rings. The number of nitrogens with zero attached hydrogens (tertiary/aromatic N) is 4. The minimum absolute atomic E-state index is 0.0481. The Morgan fingerprint density at radius 3 is 1.87 bits per heavy atom. The van der Waals surface area contributed by atoms with E-state index >= 15 is 0 Å². The second-order valence-corrected chi connectivity index (χ2v) is 27.8. The maximum Gasteiger partial charge on any atom is 0.410 e. The zero-order valence-electron chi connectivity index (χ0n) is 60.0. The number of likely N-dealkylation sites (N-methyl/N-ethyl adjacent to an activating group) is 2. The number of pyridine rings is 1. The van der Waals surface area contributed by atoms with Gasteiger partial charge in [0.25, 0.3) is 0 Å². The van der Waals surface area contributed by atoms with E-state index in [1.54, 1.807) is 121 Å². The number of aromatic nitrogens is 1. The van der Waals surface area contributed by atoms with Gasteiger partial charge in [0.15, 0.2) is 0 Å². The summed E-state index contributed by atoms with van der Waals surface area (Å²) in [7, 11) is 6.09. The molecule has 550 valence electrons. The highest BCUT2D eigenvalue weighted by atomic mass is 79.9. The fourth-order valence-corrected chi connectivity index (χ4v) is 12.9. The number of nitrogens with two attached hydrogens (primary N) is 1. The third-order valence-electron chi connectivity index (χ3n) is 18.1. The summed E-state index contributed by atoms with van der Waals surface area (Å²) in [6, 6.07) is 12.3. The van der Waals surface area contributed by atoms with Crippen LogP contribution in [0.5, 0.6) is 0 Å². The lowest BCUT2D eigenvalue weighted by atomic mass is 9.89. The fourth-order valence-electron chi connectivity index (χ4n) is 12.3. The zero-order chi connectivity index (χ0) is 73.8. The Hall–Kier alpha value is -7.27. The van der Waals surface area contributed by atoms with Crippen molar-refractivity contribution in [3.05, 3.63) is 89.2 Å². The molecule has 0 spiro atoms. The first kappa shape index (κ1) is 84.1. The molecule has 11 amide bonds. The minimum atomic E-state index is -1.12. The van der Waals surface area contributed by atoms with Crippen molar-refractivity contribution in [1.82, 2.24) is 46.3 Å². The van der Waals surface area contributed by atoms with Crippen molar-refractivity contribution in [2.45, 2.75) is 211 Å². The fraction of sp³-hybridized carbons (Fsp3) is 0.620. The van der Waals surface area contributed by atoms with Gasteiger partial charge in [0, 0.05) is 76.3 Å². The van der Waals surface area contributed by atoms with Gasteiger partial charge in [0.1, 0.15) is 30.8 Å². The number of nitrogens with one attached hydrogen (secondary N) is 7. The van der Waals surface area contributed by atoms with Crippen LogP contribution in [0.15, 0.2) is 66.7 Å². The largest absolute Gasteiger partial charge is 0.445 e. The van der Waals surface area contributed by atoms with Crippen LogP contribution in [-0.2, 0) is 69.8 Å². The van der Waals surface area contributed by atoms with Gasteiger partial charge < -0.3 is 72.1 Å². The standard InChI is InChI=1S/C71H108Br2N12O14/c1-15-44(8)62(55(97-13)37-58(88)85-34-22-26-54(85)64(98-14)45(9)65(90)76-46(10)63(89)48-23-17-16-18-24-48)83(11)69(94)60(42(4)5)82-68(93)61(43(6)7)84(12)71(96)99-40-47-29-31-49(32-30-47)79-66(91)53(25-21-33-75-70(74)95)80-67(92)59(41(2)3)81-57(87)28-20-19-27-56(86)78-50-35-51(38-72)77-52(36-50)39-73/h16-18,23-24,29-32,35-36,41-46,53-55,59-64,89H,15,19-22,25-28,33-34,37-40H2,1-14H3,(H,76,90)(H,79,91)(H,80,92)(H,81,87)(H,82,93)(H3,74,75,95)(H,77,78,86)/t44-,45+,46+,53-,54-,55+,59-,60-,61-,62?,63+,64-/m0/s1. The number of aliphatic hydroxyl groups is 1. The van der Waals surface area contributed by atoms with Crippen molar-refractivity contribution in [3.63, 3.8) is 0 Å². The van der Waals surface area contributed by atoms with E-state index in [1.165, 1.54) is 26.2 Å². The highest BCUT2D eigenvalue weighted by molar-refractivity contribution is 9.08. The summed E-state index contributed by atoms with van der Waals surface area (Å²) in [5.41, 5.74) is 8.96. The number of hydrogen-bond acceptors (Lipinski definition) is 15. The van der Waals surface area contributed by atoms with Crippen LogP contribution in [0.25, 0.3) is 0 Å². The third-order valence-corrected chi connectivity index (χ3v) is 19.2. The highest BCUT2D eigenvalue weighted by Gasteiger charge is 2.44. The average Bonchev–Trinajstić information content (AvgIpc) is 1.71. The average molecular weight is 1510 g/mol. The van der Waals surface area contributed by atoms with E-state index in [4.69, 9.17) is 19.9 Å². The number of amides is 11. The molecule has 1 aliphatic rings. The Morgan fingerprint density at radius 1 is 0.697 bits per heavy atom. The van der Waals surface area contributed by atoms with Crippen LogP contribution in [-0.4, -0.2) is 180 Å². The van der Waals surface area contributed by atoms with Gasteiger partial charge in [-0.05, 0) is 105 Å². The topological polar surface area (TPSA) is 351 Å². The quantitative estimate of drug-likeness (QED) is 0.0192. The van der Waals surface area contributed by atoms with Crippen molar-refractivity contribution >= 4 is 103 Å². The number of carbonyl (C=O) groups is 10. The van der Waals surface area contributed by atoms with Gasteiger partial charge >= 0.3 is 12.1 Å². The SMILES string of the molecule is CC[C@H](C)C([C@@H](CC(=O)N1CCC[C@H]1[C@@H](OC)[C@@H](C)C(=O)N[C@H](C)[C@@H](O)c1ccccc1)OC)N(C)C(=O)[C@@H](NC(=O)[C@H](C(C)C)N(C)C(=O)OCc1ccc(NC(=O)[C@H](CCCNC(N)=O)NC(=O)[C@@H](NC(=O)CCCCC(=O)Nc2cc(CBr)nc(CBr)c2)C(C)C)cc1)C(C)C. The van der Waals surface area contributed by atoms with Crippen molar-refractivity contribution in [2.75, 3.05) is 52.0 Å². The number of likely N-dealkylation sites (tertiary alicyclic amines) is 1. The predicted molar refractivity (Wildman–Crippen MR) is 386 cm³/mol. The summed E-state index contributed by atoms with van der Waals surface area (Å²) in [5.74, 6) is -5.51. The summed E-state index contributed by atoms with van der Waals surface area (Å²) in [6.07, 6.45) is -0.0732. The summed E-state index contributed by atoms with van der Waals surface area (Å²) in [6.45, 7) is 18.4. The van der Waals surface area contributed by atoms with Crippen LogP contribution in [0.4, 0.5) is 21.0 Å². The molecule has 2 aromatic carbocycles. The highest BCUT2D eigenvalue weighted by Crippen LogP contribution is 2.31. The molecule has 0 bridgehead atoms. The first-order valence-electron chi connectivity index (χ1n) is 34.2. The molecule has 0 saturated carbocycles. The van der Waals surface area contributed by atoms with Gasteiger partial charge in [-0.25, -0.2) is 9.59 Å². The smallest absolute Gasteiger partial charge is 0.410 e. The number of rotatable bonds is 40. The van der Waals surface area contributed by atoms with E-state index in [0.717, 1.165) is 11.4 Å². The van der Waals surface area contributed by atoms with Crippen LogP contribution in [0.2, 0.25) is 0 Å². The molecular formula is C71H108Br2N12O14. The molecule has 0 radical (unpaired) electrons. The zero-order valence-corrected chi connectivity index (χ0v) is 63.2. The molecule has 1 aliphatic heterocycles. The summed E-state index contributed by atoms with van der Waals surface area (Å²) < 4.78 is 17.8. The third kappa shape index (κ3) is 26.0. The van der Waals surface area contributed by atoms with Gasteiger partial charge in [0.2, 0.25) is 47.3 Å². The van der Waals surface area contributed by atoms with Crippen molar-refractivity contribution in [3.8, 4) is 0 Å². The number of anilines is 2. The van der Waals surface area contributed by atoms with Crippen molar-refractivity contribution < 1.29 is 67.3 Å². The van der Waals surface area contributed by atoms with Crippen molar-refractivity contribution in [2.24, 2.45) is 35.3 Å². The molecule has 99 heavy (non-hydrogen) atoms. The lowest BCUT2D eigenvalue weighted by molar-refractivity contribution is -0.148. The van der Waals surface area contributed by atoms with Crippen LogP contribution in [0, 0.1) is 29.6 Å². The number of hydrogen-bond donors (Lipinski definition) is 9. The van der Waals surface area contributed by atoms with Crippen LogP contribution >= 0.6 is 31.9 Å². The number of methoxy groups -OCH3 is 2. The second-order valence-electron chi connectivity index (χ2n) is 26.7. The van der Waals surface area contributed by atoms with Gasteiger partial charge in [-0.1, -0.05) is 143 Å². The molecule has 1 fully saturated rings. The van der Waals surface area contributed by atoms with Crippen LogP contribution in [0.1, 0.15) is 162 Å². The van der Waals surface area contributed by atoms with Gasteiger partial charge in [-0.3, -0.25) is 48.2 Å². The molecule has 28 heteroatoms. The van der Waals surface area contributed by atoms with Crippen molar-refractivity contribution in [1.29, 1.82) is 0 Å². The molecule has 4 rings (SSSR count). The lowest BCUT2D eigenvalue weighted by Gasteiger charge is -2.41. The molecule has 0 aliphatic carbocycles. The molecule has 10 N–H and O–H groups in total. The number of halogens is 2. The Kier molecular flexibility index (Phi) is 35.8. The van der Waals surface area contributed by atoms with E-state index in [9.17, 15) is 53.1 Å². The molecule has 2 heterocycles. The summed E-state index contributed by atoms with van der Waals surface area (Å²) >= 11 is 6.79. The minimum Gasteiger partial charge on any atom is -0.445 e. The number of urea groups is 1. The number of unbranched alkanes of at least 4 members (excludes halogenated alkanes) is 1.